The first-order chi connectivity index (χ1) is 10.1. The molecule has 0 fully saturated rings. The number of benzene rings is 2. The van der Waals surface area contributed by atoms with Crippen LogP contribution in [-0.4, -0.2) is 38.0 Å². The maximum Gasteiger partial charge on any atom is 0.244 e. The van der Waals surface area contributed by atoms with Crippen molar-refractivity contribution in [3.63, 3.8) is 0 Å². The molecule has 1 atom stereocenters. The molecule has 0 N–H and O–H groups in total. The maximum absolute atomic E-state index is 12.8. The normalized spacial score (nSPS) is 12.2. The SMILES string of the molecule is CN(C(=O)C(Cc1ccccc1)N(C)C)c1ccccc1. The van der Waals surface area contributed by atoms with Crippen molar-refractivity contribution in [3.05, 3.63) is 66.2 Å². The van der Waals surface area contributed by atoms with Crippen LogP contribution in [0.15, 0.2) is 60.7 Å². The Labute approximate surface area is 126 Å². The molecule has 0 aliphatic carbocycles. The number of hydrogen-bond donors (Lipinski definition) is 0. The van der Waals surface area contributed by atoms with E-state index in [1.165, 1.54) is 5.56 Å². The number of nitrogens with zero attached hydrogens (tertiary/aromatic N) is 2. The van der Waals surface area contributed by atoms with Crippen LogP contribution in [0.25, 0.3) is 0 Å². The number of hydrogen-bond acceptors (Lipinski definition) is 2. The van der Waals surface area contributed by atoms with Gasteiger partial charge < -0.3 is 4.90 Å². The molecule has 0 aromatic heterocycles. The fourth-order valence-electron chi connectivity index (χ4n) is 2.33. The van der Waals surface area contributed by atoms with Crippen molar-refractivity contribution in [1.82, 2.24) is 4.90 Å². The molecule has 1 unspecified atom stereocenters. The quantitative estimate of drug-likeness (QED) is 0.842. The van der Waals surface area contributed by atoms with Gasteiger partial charge in [-0.2, -0.15) is 0 Å². The Kier molecular flexibility index (Phi) is 5.12. The predicted molar refractivity (Wildman–Crippen MR) is 87.5 cm³/mol. The summed E-state index contributed by atoms with van der Waals surface area (Å²) in [7, 11) is 5.73. The van der Waals surface area contributed by atoms with Crippen LogP contribution < -0.4 is 4.90 Å². The summed E-state index contributed by atoms with van der Waals surface area (Å²) in [5, 5.41) is 0. The summed E-state index contributed by atoms with van der Waals surface area (Å²) in [6.07, 6.45) is 0.712. The molecule has 0 spiro atoms. The molecule has 1 amide bonds. The smallest absolute Gasteiger partial charge is 0.244 e. The zero-order chi connectivity index (χ0) is 15.2. The average molecular weight is 282 g/mol. The lowest BCUT2D eigenvalue weighted by Gasteiger charge is -2.28. The topological polar surface area (TPSA) is 23.6 Å². The summed E-state index contributed by atoms with van der Waals surface area (Å²) in [6.45, 7) is 0. The Balaban J connectivity index is 2.16. The highest BCUT2D eigenvalue weighted by molar-refractivity contribution is 5.96. The van der Waals surface area contributed by atoms with Gasteiger partial charge in [0.1, 0.15) is 0 Å². The number of carbonyl (C=O) groups excluding carboxylic acids is 1. The molecule has 2 aromatic rings. The van der Waals surface area contributed by atoms with E-state index >= 15 is 0 Å². The summed E-state index contributed by atoms with van der Waals surface area (Å²) in [5.74, 6) is 0.107. The van der Waals surface area contributed by atoms with E-state index in [1.54, 1.807) is 4.90 Å². The molecule has 0 saturated carbocycles. The van der Waals surface area contributed by atoms with E-state index in [9.17, 15) is 4.79 Å². The molecule has 3 heteroatoms. The Bertz CT molecular complexity index is 566. The molecule has 2 aromatic carbocycles. The summed E-state index contributed by atoms with van der Waals surface area (Å²) in [6, 6.07) is 19.7. The van der Waals surface area contributed by atoms with Crippen LogP contribution in [0.4, 0.5) is 5.69 Å². The fourth-order valence-corrected chi connectivity index (χ4v) is 2.33. The van der Waals surface area contributed by atoms with Crippen LogP contribution in [0.5, 0.6) is 0 Å². The fraction of sp³-hybridized carbons (Fsp3) is 0.278. The van der Waals surface area contributed by atoms with Crippen LogP contribution in [0, 0.1) is 0 Å². The first-order valence-corrected chi connectivity index (χ1v) is 7.12. The van der Waals surface area contributed by atoms with Gasteiger partial charge in [0.15, 0.2) is 0 Å². The van der Waals surface area contributed by atoms with E-state index in [4.69, 9.17) is 0 Å². The van der Waals surface area contributed by atoms with Crippen LogP contribution in [0.3, 0.4) is 0 Å². The van der Waals surface area contributed by atoms with Crippen LogP contribution in [0.2, 0.25) is 0 Å². The first kappa shape index (κ1) is 15.3. The third kappa shape index (κ3) is 3.92. The second-order valence-electron chi connectivity index (χ2n) is 5.40. The minimum absolute atomic E-state index is 0.107. The Morgan fingerprint density at radius 1 is 0.905 bits per heavy atom. The van der Waals surface area contributed by atoms with Crippen molar-refractivity contribution < 1.29 is 4.79 Å². The number of amides is 1. The third-order valence-electron chi connectivity index (χ3n) is 3.65. The third-order valence-corrected chi connectivity index (χ3v) is 3.65. The number of likely N-dealkylation sites (N-methyl/N-ethyl adjacent to an activating group) is 2. The largest absolute Gasteiger partial charge is 0.314 e. The Hall–Kier alpha value is -2.13. The lowest BCUT2D eigenvalue weighted by atomic mass is 10.0. The molecule has 110 valence electrons. The van der Waals surface area contributed by atoms with Gasteiger partial charge in [-0.15, -0.1) is 0 Å². The molecule has 0 aliphatic rings. The van der Waals surface area contributed by atoms with Gasteiger partial charge in [0.25, 0.3) is 0 Å². The van der Waals surface area contributed by atoms with Crippen molar-refractivity contribution in [2.45, 2.75) is 12.5 Å². The molecule has 0 heterocycles. The highest BCUT2D eigenvalue weighted by Gasteiger charge is 2.25. The summed E-state index contributed by atoms with van der Waals surface area (Å²) >= 11 is 0. The van der Waals surface area contributed by atoms with Gasteiger partial charge in [0.2, 0.25) is 5.91 Å². The van der Waals surface area contributed by atoms with Crippen molar-refractivity contribution in [1.29, 1.82) is 0 Å². The van der Waals surface area contributed by atoms with Gasteiger partial charge >= 0.3 is 0 Å². The lowest BCUT2D eigenvalue weighted by molar-refractivity contribution is -0.122. The molecule has 0 bridgehead atoms. The minimum Gasteiger partial charge on any atom is -0.314 e. The zero-order valence-electron chi connectivity index (χ0n) is 12.9. The van der Waals surface area contributed by atoms with Gasteiger partial charge in [-0.1, -0.05) is 48.5 Å². The standard InChI is InChI=1S/C18H22N2O/c1-19(2)17(14-15-10-6-4-7-11-15)18(21)20(3)16-12-8-5-9-13-16/h4-13,17H,14H2,1-3H3. The first-order valence-electron chi connectivity index (χ1n) is 7.12. The number of rotatable bonds is 5. The van der Waals surface area contributed by atoms with Crippen molar-refractivity contribution in [3.8, 4) is 0 Å². The molecule has 21 heavy (non-hydrogen) atoms. The zero-order valence-corrected chi connectivity index (χ0v) is 12.9. The van der Waals surface area contributed by atoms with E-state index < -0.39 is 0 Å². The molecular formula is C18H22N2O. The summed E-state index contributed by atoms with van der Waals surface area (Å²) in [4.78, 5) is 16.5. The molecule has 2 rings (SSSR count). The van der Waals surface area contributed by atoms with E-state index in [2.05, 4.69) is 12.1 Å². The number of para-hydroxylation sites is 1. The number of carbonyl (C=O) groups is 1. The van der Waals surface area contributed by atoms with Crippen molar-refractivity contribution in [2.24, 2.45) is 0 Å². The van der Waals surface area contributed by atoms with E-state index in [1.807, 2.05) is 74.6 Å². The summed E-state index contributed by atoms with van der Waals surface area (Å²) < 4.78 is 0. The molecule has 0 aliphatic heterocycles. The second kappa shape index (κ2) is 7.04. The van der Waals surface area contributed by atoms with Crippen LogP contribution in [-0.2, 0) is 11.2 Å². The highest BCUT2D eigenvalue weighted by Crippen LogP contribution is 2.15. The second-order valence-corrected chi connectivity index (χ2v) is 5.40. The minimum atomic E-state index is -0.169. The molecule has 0 saturated heterocycles. The highest BCUT2D eigenvalue weighted by atomic mass is 16.2. The van der Waals surface area contributed by atoms with Crippen LogP contribution in [0.1, 0.15) is 5.56 Å². The predicted octanol–water partition coefficient (Wildman–Crippen LogP) is 2.82. The molecule has 0 radical (unpaired) electrons. The van der Waals surface area contributed by atoms with E-state index in [-0.39, 0.29) is 11.9 Å². The van der Waals surface area contributed by atoms with Gasteiger partial charge in [-0.05, 0) is 38.2 Å². The van der Waals surface area contributed by atoms with Crippen LogP contribution >= 0.6 is 0 Å². The Morgan fingerprint density at radius 2 is 1.43 bits per heavy atom. The van der Waals surface area contributed by atoms with Gasteiger partial charge in [-0.25, -0.2) is 0 Å². The maximum atomic E-state index is 12.8. The average Bonchev–Trinajstić information content (AvgIpc) is 2.53. The van der Waals surface area contributed by atoms with Gasteiger partial charge in [-0.3, -0.25) is 9.69 Å². The van der Waals surface area contributed by atoms with Crippen molar-refractivity contribution >= 4 is 11.6 Å². The van der Waals surface area contributed by atoms with Gasteiger partial charge in [0, 0.05) is 12.7 Å². The summed E-state index contributed by atoms with van der Waals surface area (Å²) in [5.41, 5.74) is 2.09. The monoisotopic (exact) mass is 282 g/mol. The number of anilines is 1. The molecular weight excluding hydrogens is 260 g/mol. The molecule has 3 nitrogen and oxygen atoms in total. The van der Waals surface area contributed by atoms with E-state index in [0.717, 1.165) is 5.69 Å². The van der Waals surface area contributed by atoms with Gasteiger partial charge in [0.05, 0.1) is 6.04 Å². The van der Waals surface area contributed by atoms with E-state index in [0.29, 0.717) is 6.42 Å². The Morgan fingerprint density at radius 3 is 1.95 bits per heavy atom. The van der Waals surface area contributed by atoms with Crippen molar-refractivity contribution in [2.75, 3.05) is 26.0 Å². The lowest BCUT2D eigenvalue weighted by Crippen LogP contribution is -2.45.